The van der Waals surface area contributed by atoms with Gasteiger partial charge in [-0.2, -0.15) is 0 Å². The van der Waals surface area contributed by atoms with Crippen LogP contribution in [0.3, 0.4) is 0 Å². The lowest BCUT2D eigenvalue weighted by molar-refractivity contribution is -0.146. The van der Waals surface area contributed by atoms with E-state index in [-0.39, 0.29) is 11.0 Å². The van der Waals surface area contributed by atoms with E-state index in [1.54, 1.807) is 6.08 Å². The van der Waals surface area contributed by atoms with Gasteiger partial charge < -0.3 is 4.74 Å². The number of hydrogen-bond acceptors (Lipinski definition) is 3. The van der Waals surface area contributed by atoms with Crippen LogP contribution in [0.1, 0.15) is 32.8 Å². The summed E-state index contributed by atoms with van der Waals surface area (Å²) >= 11 is 0. The Hall–Kier alpha value is -2.80. The minimum atomic E-state index is -2.58. The van der Waals surface area contributed by atoms with E-state index in [1.165, 1.54) is 17.5 Å². The fourth-order valence-corrected chi connectivity index (χ4v) is 12.1. The van der Waals surface area contributed by atoms with Crippen LogP contribution in [0.15, 0.2) is 102 Å². The summed E-state index contributed by atoms with van der Waals surface area (Å²) < 4.78 is 22.3. The summed E-state index contributed by atoms with van der Waals surface area (Å²) in [6.07, 6.45) is 2.17. The molecule has 37 heavy (non-hydrogen) atoms. The number of benzene rings is 3. The normalized spacial score (nSPS) is 14.4. The lowest BCUT2D eigenvalue weighted by atomic mass is 9.98. The SMILES string of the molecule is C=CC[C@@H](C(=O)OC)[C@H](C[Si](c1ccccc1)(c1ccccc1)C(C)(C)C)NS(=O)c1ccc(C)cc1. The molecule has 0 saturated carbocycles. The summed E-state index contributed by atoms with van der Waals surface area (Å²) in [5.41, 5.74) is 1.10. The molecule has 4 nitrogen and oxygen atoms in total. The molecule has 6 heteroatoms. The Morgan fingerprint density at radius 3 is 1.92 bits per heavy atom. The van der Waals surface area contributed by atoms with Crippen molar-refractivity contribution in [3.63, 3.8) is 0 Å². The summed E-state index contributed by atoms with van der Waals surface area (Å²) in [6.45, 7) is 12.8. The summed E-state index contributed by atoms with van der Waals surface area (Å²) in [5, 5.41) is 2.45. The first kappa shape index (κ1) is 28.8. The summed E-state index contributed by atoms with van der Waals surface area (Å²) in [5.74, 6) is -0.852. The number of methoxy groups -OCH3 is 1. The predicted octanol–water partition coefficient (Wildman–Crippen LogP) is 5.40. The van der Waals surface area contributed by atoms with Gasteiger partial charge in [0.15, 0.2) is 0 Å². The van der Waals surface area contributed by atoms with Crippen molar-refractivity contribution in [2.75, 3.05) is 7.11 Å². The molecule has 0 aliphatic rings. The molecule has 1 N–H and O–H groups in total. The molecule has 3 aromatic carbocycles. The van der Waals surface area contributed by atoms with E-state index in [9.17, 15) is 9.00 Å². The van der Waals surface area contributed by atoms with E-state index in [0.29, 0.717) is 17.4 Å². The third-order valence-corrected chi connectivity index (χ3v) is 14.7. The Bertz CT molecular complexity index is 1150. The summed E-state index contributed by atoms with van der Waals surface area (Å²) in [6, 6.07) is 29.1. The van der Waals surface area contributed by atoms with Crippen molar-refractivity contribution in [3.8, 4) is 0 Å². The van der Waals surface area contributed by atoms with Crippen LogP contribution in [0, 0.1) is 12.8 Å². The molecule has 3 atom stereocenters. The Kier molecular flexibility index (Phi) is 9.82. The standard InChI is InChI=1S/C31H39NO3SSi/c1-7-14-28(30(33)35-6)29(32-36(34)25-21-19-24(2)20-22-25)23-37(31(3,4)5,26-15-10-8-11-16-26)27-17-12-9-13-18-27/h7-13,15-22,28-29,32H,1,14,23H2,2-6H3/t28-,29+,36?/m1/s1. The first-order valence-electron chi connectivity index (χ1n) is 12.7. The molecule has 0 bridgehead atoms. The van der Waals surface area contributed by atoms with Gasteiger partial charge in [-0.05, 0) is 36.6 Å². The van der Waals surface area contributed by atoms with Crippen molar-refractivity contribution in [3.05, 3.63) is 103 Å². The first-order valence-corrected chi connectivity index (χ1v) is 16.0. The number of rotatable bonds is 11. The van der Waals surface area contributed by atoms with Gasteiger partial charge in [0.2, 0.25) is 0 Å². The van der Waals surface area contributed by atoms with Crippen LogP contribution in [0.5, 0.6) is 0 Å². The van der Waals surface area contributed by atoms with Crippen LogP contribution in [-0.2, 0) is 20.5 Å². The average Bonchev–Trinajstić information content (AvgIpc) is 2.90. The summed E-state index contributed by atoms with van der Waals surface area (Å²) in [7, 11) is -2.68. The maximum atomic E-state index is 13.6. The smallest absolute Gasteiger partial charge is 0.310 e. The van der Waals surface area contributed by atoms with Crippen LogP contribution >= 0.6 is 0 Å². The van der Waals surface area contributed by atoms with E-state index in [0.717, 1.165) is 5.56 Å². The monoisotopic (exact) mass is 533 g/mol. The third-order valence-electron chi connectivity index (χ3n) is 7.24. The molecule has 3 rings (SSSR count). The van der Waals surface area contributed by atoms with Gasteiger partial charge >= 0.3 is 5.97 Å². The predicted molar refractivity (Wildman–Crippen MR) is 157 cm³/mol. The zero-order chi connectivity index (χ0) is 27.1. The van der Waals surface area contributed by atoms with E-state index in [2.05, 4.69) is 80.6 Å². The van der Waals surface area contributed by atoms with Gasteiger partial charge in [0.1, 0.15) is 19.1 Å². The Morgan fingerprint density at radius 1 is 0.973 bits per heavy atom. The lowest BCUT2D eigenvalue weighted by Gasteiger charge is -2.47. The van der Waals surface area contributed by atoms with Gasteiger partial charge in [-0.15, -0.1) is 6.58 Å². The van der Waals surface area contributed by atoms with Gasteiger partial charge in [0.05, 0.1) is 17.9 Å². The molecule has 3 aromatic rings. The molecule has 0 aromatic heterocycles. The second kappa shape index (κ2) is 12.6. The number of carbonyl (C=O) groups excluding carboxylic acids is 1. The molecule has 0 heterocycles. The minimum absolute atomic E-state index is 0.115. The molecule has 0 amide bonds. The summed E-state index contributed by atoms with van der Waals surface area (Å²) in [4.78, 5) is 13.8. The number of nitrogens with one attached hydrogen (secondary N) is 1. The van der Waals surface area contributed by atoms with E-state index < -0.39 is 31.0 Å². The average molecular weight is 534 g/mol. The second-order valence-corrected chi connectivity index (χ2v) is 16.7. The van der Waals surface area contributed by atoms with Crippen LogP contribution in [-0.4, -0.2) is 31.4 Å². The molecule has 0 aliphatic carbocycles. The highest BCUT2D eigenvalue weighted by atomic mass is 32.2. The van der Waals surface area contributed by atoms with Crippen molar-refractivity contribution < 1.29 is 13.7 Å². The van der Waals surface area contributed by atoms with E-state index in [4.69, 9.17) is 4.74 Å². The zero-order valence-electron chi connectivity index (χ0n) is 22.6. The van der Waals surface area contributed by atoms with Crippen molar-refractivity contribution in [1.82, 2.24) is 4.72 Å². The Morgan fingerprint density at radius 2 is 1.49 bits per heavy atom. The van der Waals surface area contributed by atoms with Crippen LogP contribution in [0.25, 0.3) is 0 Å². The van der Waals surface area contributed by atoms with Gasteiger partial charge in [-0.25, -0.2) is 8.93 Å². The molecule has 0 fully saturated rings. The highest BCUT2D eigenvalue weighted by molar-refractivity contribution is 7.83. The quantitative estimate of drug-likeness (QED) is 0.204. The number of hydrogen-bond donors (Lipinski definition) is 1. The number of carbonyl (C=O) groups is 1. The Balaban J connectivity index is 2.20. The molecule has 0 spiro atoms. The first-order chi connectivity index (χ1) is 17.6. The molecule has 0 saturated heterocycles. The van der Waals surface area contributed by atoms with Gasteiger partial charge in [0.25, 0.3) is 0 Å². The van der Waals surface area contributed by atoms with Crippen molar-refractivity contribution in [1.29, 1.82) is 0 Å². The maximum Gasteiger partial charge on any atom is 0.310 e. The number of allylic oxidation sites excluding steroid dienone is 1. The van der Waals surface area contributed by atoms with Crippen LogP contribution in [0.2, 0.25) is 11.1 Å². The highest BCUT2D eigenvalue weighted by Crippen LogP contribution is 2.40. The molecular formula is C31H39NO3SSi. The lowest BCUT2D eigenvalue weighted by Crippen LogP contribution is -2.67. The molecular weight excluding hydrogens is 494 g/mol. The van der Waals surface area contributed by atoms with Crippen molar-refractivity contribution in [2.45, 2.75) is 56.1 Å². The topological polar surface area (TPSA) is 55.4 Å². The maximum absolute atomic E-state index is 13.6. The number of esters is 1. The van der Waals surface area contributed by atoms with Gasteiger partial charge in [-0.1, -0.05) is 116 Å². The number of ether oxygens (including phenoxy) is 1. The third kappa shape index (κ3) is 6.56. The molecule has 0 radical (unpaired) electrons. The fraction of sp³-hybridized carbons (Fsp3) is 0.323. The Labute approximate surface area is 225 Å². The minimum Gasteiger partial charge on any atom is -0.469 e. The highest BCUT2D eigenvalue weighted by Gasteiger charge is 2.50. The van der Waals surface area contributed by atoms with Crippen LogP contribution < -0.4 is 15.1 Å². The van der Waals surface area contributed by atoms with Gasteiger partial charge in [-0.3, -0.25) is 4.79 Å². The zero-order valence-corrected chi connectivity index (χ0v) is 24.4. The van der Waals surface area contributed by atoms with Crippen LogP contribution in [0.4, 0.5) is 0 Å². The molecule has 0 aliphatic heterocycles. The fourth-order valence-electron chi connectivity index (χ4n) is 5.24. The largest absolute Gasteiger partial charge is 0.469 e. The van der Waals surface area contributed by atoms with Crippen molar-refractivity contribution in [2.24, 2.45) is 5.92 Å². The molecule has 196 valence electrons. The van der Waals surface area contributed by atoms with E-state index in [1.807, 2.05) is 43.3 Å². The number of aryl methyl sites for hydroxylation is 1. The second-order valence-electron chi connectivity index (χ2n) is 10.6. The molecule has 1 unspecified atom stereocenters. The van der Waals surface area contributed by atoms with Crippen molar-refractivity contribution >= 4 is 35.4 Å². The van der Waals surface area contributed by atoms with Gasteiger partial charge in [0, 0.05) is 6.04 Å². The van der Waals surface area contributed by atoms with E-state index >= 15 is 0 Å².